The topological polar surface area (TPSA) is 86.2 Å². The minimum absolute atomic E-state index is 0.388. The second-order valence-corrected chi connectivity index (χ2v) is 7.30. The SMILES string of the molecule is CCOc1ccc(C(=O)Oc2ccc(/C=N/NC(=O)C(C)Oc3cccc(Cl)c3)cc2)cc1. The Morgan fingerprint density at radius 1 is 1.00 bits per heavy atom. The Labute approximate surface area is 196 Å². The molecule has 0 bridgehead atoms. The van der Waals surface area contributed by atoms with Gasteiger partial charge in [0.15, 0.2) is 6.10 Å². The molecule has 7 nitrogen and oxygen atoms in total. The van der Waals surface area contributed by atoms with Gasteiger partial charge in [0.1, 0.15) is 17.2 Å². The molecule has 8 heteroatoms. The van der Waals surface area contributed by atoms with Gasteiger partial charge in [-0.2, -0.15) is 5.10 Å². The van der Waals surface area contributed by atoms with Gasteiger partial charge < -0.3 is 14.2 Å². The molecule has 0 spiro atoms. The number of ether oxygens (including phenoxy) is 3. The first-order valence-electron chi connectivity index (χ1n) is 10.2. The zero-order valence-electron chi connectivity index (χ0n) is 18.2. The summed E-state index contributed by atoms with van der Waals surface area (Å²) in [6, 6.07) is 20.2. The summed E-state index contributed by atoms with van der Waals surface area (Å²) in [7, 11) is 0. The molecule has 0 heterocycles. The molecule has 0 aliphatic rings. The molecule has 0 aliphatic carbocycles. The second kappa shape index (κ2) is 11.7. The Hall–Kier alpha value is -3.84. The van der Waals surface area contributed by atoms with E-state index in [1.165, 1.54) is 6.21 Å². The maximum Gasteiger partial charge on any atom is 0.343 e. The van der Waals surface area contributed by atoms with Crippen LogP contribution < -0.4 is 19.6 Å². The van der Waals surface area contributed by atoms with Crippen LogP contribution in [0.4, 0.5) is 0 Å². The van der Waals surface area contributed by atoms with Crippen LogP contribution in [0.2, 0.25) is 5.02 Å². The Morgan fingerprint density at radius 3 is 2.36 bits per heavy atom. The highest BCUT2D eigenvalue weighted by Gasteiger charge is 2.14. The van der Waals surface area contributed by atoms with Crippen LogP contribution >= 0.6 is 11.6 Å². The first-order chi connectivity index (χ1) is 15.9. The fourth-order valence-electron chi connectivity index (χ4n) is 2.70. The van der Waals surface area contributed by atoms with E-state index >= 15 is 0 Å². The summed E-state index contributed by atoms with van der Waals surface area (Å²) in [5, 5.41) is 4.45. The Morgan fingerprint density at radius 2 is 1.70 bits per heavy atom. The molecule has 1 atom stereocenters. The van der Waals surface area contributed by atoms with Gasteiger partial charge in [-0.25, -0.2) is 10.2 Å². The lowest BCUT2D eigenvalue weighted by Gasteiger charge is -2.12. The molecule has 3 aromatic carbocycles. The average Bonchev–Trinajstić information content (AvgIpc) is 2.81. The van der Waals surface area contributed by atoms with Crippen molar-refractivity contribution in [1.29, 1.82) is 0 Å². The van der Waals surface area contributed by atoms with Crippen LogP contribution in [0.1, 0.15) is 29.8 Å². The quantitative estimate of drug-likeness (QED) is 0.210. The van der Waals surface area contributed by atoms with Gasteiger partial charge in [0.2, 0.25) is 0 Å². The molecule has 0 aliphatic heterocycles. The number of hydrogen-bond donors (Lipinski definition) is 1. The molecule has 1 N–H and O–H groups in total. The lowest BCUT2D eigenvalue weighted by Crippen LogP contribution is -2.33. The fourth-order valence-corrected chi connectivity index (χ4v) is 2.88. The van der Waals surface area contributed by atoms with E-state index in [-0.39, 0.29) is 0 Å². The van der Waals surface area contributed by atoms with Crippen molar-refractivity contribution in [2.75, 3.05) is 6.61 Å². The zero-order chi connectivity index (χ0) is 23.6. The first kappa shape index (κ1) is 23.8. The van der Waals surface area contributed by atoms with E-state index in [9.17, 15) is 9.59 Å². The second-order valence-electron chi connectivity index (χ2n) is 6.87. The van der Waals surface area contributed by atoms with Gasteiger partial charge in [-0.1, -0.05) is 17.7 Å². The van der Waals surface area contributed by atoms with Crippen molar-refractivity contribution in [3.8, 4) is 17.2 Å². The summed E-state index contributed by atoms with van der Waals surface area (Å²) >= 11 is 5.91. The number of amides is 1. The molecule has 1 unspecified atom stereocenters. The Balaban J connectivity index is 1.49. The molecular weight excluding hydrogens is 444 g/mol. The van der Waals surface area contributed by atoms with Gasteiger partial charge in [0.25, 0.3) is 5.91 Å². The number of nitrogens with one attached hydrogen (secondary N) is 1. The molecule has 0 fully saturated rings. The van der Waals surface area contributed by atoms with Crippen molar-refractivity contribution in [2.45, 2.75) is 20.0 Å². The van der Waals surface area contributed by atoms with E-state index in [0.717, 1.165) is 0 Å². The highest BCUT2D eigenvalue weighted by Crippen LogP contribution is 2.19. The Kier molecular flexibility index (Phi) is 8.43. The van der Waals surface area contributed by atoms with Crippen molar-refractivity contribution in [3.05, 3.63) is 88.9 Å². The lowest BCUT2D eigenvalue weighted by atomic mass is 10.2. The number of carbonyl (C=O) groups excluding carboxylic acids is 2. The molecule has 0 aromatic heterocycles. The van der Waals surface area contributed by atoms with Gasteiger partial charge in [-0.05, 0) is 86.1 Å². The van der Waals surface area contributed by atoms with E-state index in [4.69, 9.17) is 25.8 Å². The van der Waals surface area contributed by atoms with Gasteiger partial charge in [-0.3, -0.25) is 4.79 Å². The summed E-state index contributed by atoms with van der Waals surface area (Å²) in [4.78, 5) is 24.4. The smallest absolute Gasteiger partial charge is 0.343 e. The molecule has 0 saturated carbocycles. The maximum absolute atomic E-state index is 12.3. The molecule has 33 heavy (non-hydrogen) atoms. The van der Waals surface area contributed by atoms with Gasteiger partial charge in [0, 0.05) is 5.02 Å². The number of hydrazone groups is 1. The number of halogens is 1. The zero-order valence-corrected chi connectivity index (χ0v) is 18.9. The number of carbonyl (C=O) groups is 2. The molecule has 0 saturated heterocycles. The van der Waals surface area contributed by atoms with E-state index in [1.807, 2.05) is 6.92 Å². The third-order valence-corrected chi connectivity index (χ3v) is 4.59. The highest BCUT2D eigenvalue weighted by molar-refractivity contribution is 6.30. The third-order valence-electron chi connectivity index (χ3n) is 4.36. The molecule has 170 valence electrons. The monoisotopic (exact) mass is 466 g/mol. The minimum atomic E-state index is -0.759. The highest BCUT2D eigenvalue weighted by atomic mass is 35.5. The number of benzene rings is 3. The van der Waals surface area contributed by atoms with Crippen molar-refractivity contribution >= 4 is 29.7 Å². The van der Waals surface area contributed by atoms with E-state index < -0.39 is 18.0 Å². The van der Waals surface area contributed by atoms with Gasteiger partial charge >= 0.3 is 5.97 Å². The van der Waals surface area contributed by atoms with Crippen LogP contribution in [0, 0.1) is 0 Å². The van der Waals surface area contributed by atoms with Crippen LogP contribution in [0.3, 0.4) is 0 Å². The minimum Gasteiger partial charge on any atom is -0.494 e. The van der Waals surface area contributed by atoms with Crippen molar-refractivity contribution in [1.82, 2.24) is 5.43 Å². The summed E-state index contributed by atoms with van der Waals surface area (Å²) in [6.45, 7) is 4.06. The molecule has 1 amide bonds. The van der Waals surface area contributed by atoms with Crippen LogP contribution in [0.25, 0.3) is 0 Å². The van der Waals surface area contributed by atoms with Crippen LogP contribution in [0.15, 0.2) is 77.9 Å². The molecular formula is C25H23ClN2O5. The van der Waals surface area contributed by atoms with Crippen molar-refractivity contribution < 1.29 is 23.8 Å². The molecule has 3 aromatic rings. The Bertz CT molecular complexity index is 1110. The van der Waals surface area contributed by atoms with Crippen molar-refractivity contribution in [2.24, 2.45) is 5.10 Å². The first-order valence-corrected chi connectivity index (χ1v) is 10.6. The van der Waals surface area contributed by atoms with Crippen LogP contribution in [0.5, 0.6) is 17.2 Å². The lowest BCUT2D eigenvalue weighted by molar-refractivity contribution is -0.127. The number of esters is 1. The van der Waals surface area contributed by atoms with Crippen LogP contribution in [-0.2, 0) is 4.79 Å². The van der Waals surface area contributed by atoms with E-state index in [0.29, 0.717) is 40.0 Å². The van der Waals surface area contributed by atoms with Gasteiger partial charge in [-0.15, -0.1) is 0 Å². The summed E-state index contributed by atoms with van der Waals surface area (Å²) in [6.07, 6.45) is 0.715. The number of nitrogens with zero attached hydrogens (tertiary/aromatic N) is 1. The standard InChI is InChI=1S/C25H23ClN2O5/c1-3-31-21-13-9-19(10-14-21)25(30)33-22-11-7-18(8-12-22)16-27-28-24(29)17(2)32-23-6-4-5-20(26)15-23/h4-17H,3H2,1-2H3,(H,28,29)/b27-16+. The predicted molar refractivity (Wildman–Crippen MR) is 126 cm³/mol. The fraction of sp³-hybridized carbons (Fsp3) is 0.160. The van der Waals surface area contributed by atoms with E-state index in [2.05, 4.69) is 10.5 Å². The third kappa shape index (κ3) is 7.36. The summed E-state index contributed by atoms with van der Waals surface area (Å²) < 4.78 is 16.3. The largest absolute Gasteiger partial charge is 0.494 e. The predicted octanol–water partition coefficient (Wildman–Crippen LogP) is 4.88. The number of rotatable bonds is 9. The van der Waals surface area contributed by atoms with Gasteiger partial charge in [0.05, 0.1) is 18.4 Å². The van der Waals surface area contributed by atoms with E-state index in [1.54, 1.807) is 79.7 Å². The normalized spacial score (nSPS) is 11.6. The number of hydrogen-bond acceptors (Lipinski definition) is 6. The average molecular weight is 467 g/mol. The van der Waals surface area contributed by atoms with Crippen molar-refractivity contribution in [3.63, 3.8) is 0 Å². The summed E-state index contributed by atoms with van der Waals surface area (Å²) in [5.41, 5.74) is 3.55. The molecule has 3 rings (SSSR count). The molecule has 0 radical (unpaired) electrons. The summed E-state index contributed by atoms with van der Waals surface area (Å²) in [5.74, 6) is 0.686. The van der Waals surface area contributed by atoms with Crippen LogP contribution in [-0.4, -0.2) is 30.8 Å². The maximum atomic E-state index is 12.3.